The number of pyridine rings is 1. The van der Waals surface area contributed by atoms with Gasteiger partial charge in [-0.1, -0.05) is 0 Å². The molecule has 0 N–H and O–H groups in total. The normalized spacial score (nSPS) is 12.4. The Morgan fingerprint density at radius 3 is 2.11 bits per heavy atom. The van der Waals surface area contributed by atoms with Crippen LogP contribution in [0.25, 0.3) is 0 Å². The minimum Gasteiger partial charge on any atom is -0.481 e. The summed E-state index contributed by atoms with van der Waals surface area (Å²) < 4.78 is 81.7. The number of aromatic nitrogens is 1. The van der Waals surface area contributed by atoms with Crippen LogP contribution in [0.1, 0.15) is 11.1 Å². The highest BCUT2D eigenvalue weighted by atomic mass is 35.5. The van der Waals surface area contributed by atoms with Crippen molar-refractivity contribution in [1.82, 2.24) is 4.98 Å². The van der Waals surface area contributed by atoms with Crippen LogP contribution < -0.4 is 9.47 Å². The molecule has 108 valence electrons. The van der Waals surface area contributed by atoms with Crippen molar-refractivity contribution in [1.29, 1.82) is 0 Å². The lowest BCUT2D eigenvalue weighted by Crippen LogP contribution is -2.21. The summed E-state index contributed by atoms with van der Waals surface area (Å²) in [5.41, 5.74) is -1.88. The number of methoxy groups -OCH3 is 1. The summed E-state index contributed by atoms with van der Waals surface area (Å²) in [5.74, 6) is -2.51. The molecule has 3 nitrogen and oxygen atoms in total. The van der Waals surface area contributed by atoms with Crippen LogP contribution in [0.15, 0.2) is 6.07 Å². The first kappa shape index (κ1) is 15.7. The molecule has 1 aromatic heterocycles. The minimum atomic E-state index is -5.31. The van der Waals surface area contributed by atoms with Crippen molar-refractivity contribution in [2.24, 2.45) is 0 Å². The molecule has 0 spiro atoms. The number of hydrogen-bond acceptors (Lipinski definition) is 3. The predicted molar refractivity (Wildman–Crippen MR) is 52.0 cm³/mol. The van der Waals surface area contributed by atoms with Crippen LogP contribution in [0.2, 0.25) is 0 Å². The summed E-state index contributed by atoms with van der Waals surface area (Å²) in [6, 6.07) is 0.403. The smallest absolute Gasteiger partial charge is 0.481 e. The van der Waals surface area contributed by atoms with Gasteiger partial charge in [0.05, 0.1) is 13.0 Å². The van der Waals surface area contributed by atoms with Gasteiger partial charge in [-0.05, 0) is 6.07 Å². The van der Waals surface area contributed by atoms with E-state index in [1.807, 2.05) is 0 Å². The van der Waals surface area contributed by atoms with Gasteiger partial charge < -0.3 is 9.47 Å². The van der Waals surface area contributed by atoms with E-state index in [1.54, 1.807) is 0 Å². The molecule has 1 heterocycles. The van der Waals surface area contributed by atoms with Gasteiger partial charge in [0.2, 0.25) is 11.8 Å². The van der Waals surface area contributed by atoms with Gasteiger partial charge in [-0.15, -0.1) is 24.8 Å². The van der Waals surface area contributed by atoms with Crippen LogP contribution in [0.5, 0.6) is 11.8 Å². The van der Waals surface area contributed by atoms with Gasteiger partial charge in [-0.3, -0.25) is 0 Å². The monoisotopic (exact) mass is 309 g/mol. The summed E-state index contributed by atoms with van der Waals surface area (Å²) in [6.07, 6.45) is -10.4. The van der Waals surface area contributed by atoms with Crippen LogP contribution in [0.3, 0.4) is 0 Å². The van der Waals surface area contributed by atoms with Crippen molar-refractivity contribution < 1.29 is 35.8 Å². The molecule has 0 radical (unpaired) electrons. The Labute approximate surface area is 108 Å². The summed E-state index contributed by atoms with van der Waals surface area (Å²) in [6.45, 7) is 0. The van der Waals surface area contributed by atoms with Gasteiger partial charge in [-0.2, -0.15) is 18.2 Å². The quantitative estimate of drug-likeness (QED) is 0.629. The molecule has 1 rings (SSSR count). The highest BCUT2D eigenvalue weighted by Gasteiger charge is 2.41. The van der Waals surface area contributed by atoms with E-state index in [-0.39, 0.29) is 5.56 Å². The Bertz CT molecular complexity index is 459. The topological polar surface area (TPSA) is 31.4 Å². The molecule has 0 unspecified atom stereocenters. The zero-order chi connectivity index (χ0) is 14.8. The number of nitrogens with zero attached hydrogens (tertiary/aromatic N) is 1. The van der Waals surface area contributed by atoms with Crippen LogP contribution in [-0.2, 0) is 12.1 Å². The van der Waals surface area contributed by atoms with Gasteiger partial charge in [0.15, 0.2) is 0 Å². The molecule has 0 aliphatic heterocycles. The number of hydrogen-bond donors (Lipinski definition) is 0. The third-order valence-corrected chi connectivity index (χ3v) is 2.17. The van der Waals surface area contributed by atoms with E-state index in [2.05, 4.69) is 14.5 Å². The van der Waals surface area contributed by atoms with Crippen molar-refractivity contribution in [3.8, 4) is 11.8 Å². The van der Waals surface area contributed by atoms with E-state index < -0.39 is 35.7 Å². The van der Waals surface area contributed by atoms with E-state index in [1.165, 1.54) is 0 Å². The largest absolute Gasteiger partial charge is 0.574 e. The molecule has 0 saturated heterocycles. The molecule has 0 saturated carbocycles. The van der Waals surface area contributed by atoms with Crippen LogP contribution in [0.4, 0.5) is 26.3 Å². The molecule has 0 amide bonds. The molecule has 0 aliphatic rings. The molecular formula is C9H6ClF6NO2. The van der Waals surface area contributed by atoms with E-state index >= 15 is 0 Å². The second-order valence-corrected chi connectivity index (χ2v) is 3.46. The van der Waals surface area contributed by atoms with E-state index in [0.29, 0.717) is 6.07 Å². The van der Waals surface area contributed by atoms with E-state index in [4.69, 9.17) is 11.6 Å². The Kier molecular flexibility index (Phi) is 4.39. The average Bonchev–Trinajstić information content (AvgIpc) is 2.24. The summed E-state index contributed by atoms with van der Waals surface area (Å²) in [5, 5.41) is 0. The number of alkyl halides is 7. The van der Waals surface area contributed by atoms with Gasteiger partial charge in [-0.25, -0.2) is 0 Å². The van der Waals surface area contributed by atoms with Crippen molar-refractivity contribution in [2.45, 2.75) is 18.4 Å². The number of rotatable bonds is 3. The zero-order valence-corrected chi connectivity index (χ0v) is 9.95. The maximum Gasteiger partial charge on any atom is 0.574 e. The molecule has 10 heteroatoms. The van der Waals surface area contributed by atoms with Gasteiger partial charge >= 0.3 is 12.5 Å². The Morgan fingerprint density at radius 1 is 1.16 bits per heavy atom. The van der Waals surface area contributed by atoms with Crippen molar-refractivity contribution in [2.75, 3.05) is 7.11 Å². The first-order valence-electron chi connectivity index (χ1n) is 4.55. The zero-order valence-electron chi connectivity index (χ0n) is 9.19. The molecule has 0 atom stereocenters. The SMILES string of the molecule is COc1nc(OC(F)(F)F)c(C(F)(F)F)cc1CCl. The molecular weight excluding hydrogens is 304 g/mol. The van der Waals surface area contributed by atoms with Gasteiger partial charge in [0, 0.05) is 5.56 Å². The van der Waals surface area contributed by atoms with Crippen LogP contribution in [0, 0.1) is 0 Å². The summed E-state index contributed by atoms with van der Waals surface area (Å²) in [4.78, 5) is 3.04. The van der Waals surface area contributed by atoms with Crippen molar-refractivity contribution in [3.05, 3.63) is 17.2 Å². The van der Waals surface area contributed by atoms with Gasteiger partial charge in [0.1, 0.15) is 5.56 Å². The fraction of sp³-hybridized carbons (Fsp3) is 0.444. The number of ether oxygens (including phenoxy) is 2. The fourth-order valence-corrected chi connectivity index (χ4v) is 1.38. The maximum atomic E-state index is 12.6. The maximum absolute atomic E-state index is 12.6. The van der Waals surface area contributed by atoms with Crippen molar-refractivity contribution in [3.63, 3.8) is 0 Å². The summed E-state index contributed by atoms with van der Waals surface area (Å²) >= 11 is 5.37. The Hall–Kier alpha value is -1.38. The third-order valence-electron chi connectivity index (χ3n) is 1.88. The first-order chi connectivity index (χ1) is 8.58. The number of halogens is 7. The molecule has 0 aromatic carbocycles. The molecule has 0 fully saturated rings. The highest BCUT2D eigenvalue weighted by Crippen LogP contribution is 2.40. The van der Waals surface area contributed by atoms with Crippen LogP contribution >= 0.6 is 11.6 Å². The molecule has 0 bridgehead atoms. The first-order valence-corrected chi connectivity index (χ1v) is 5.08. The Morgan fingerprint density at radius 2 is 1.74 bits per heavy atom. The lowest BCUT2D eigenvalue weighted by Gasteiger charge is -2.16. The predicted octanol–water partition coefficient (Wildman–Crippen LogP) is 3.75. The molecule has 0 aliphatic carbocycles. The average molecular weight is 310 g/mol. The lowest BCUT2D eigenvalue weighted by molar-refractivity contribution is -0.278. The van der Waals surface area contributed by atoms with E-state index in [9.17, 15) is 26.3 Å². The standard InChI is InChI=1S/C9H6ClF6NO2/c1-18-6-4(3-10)2-5(8(11,12)13)7(17-6)19-9(14,15)16/h2H,3H2,1H3. The molecule has 19 heavy (non-hydrogen) atoms. The third kappa shape index (κ3) is 4.05. The fourth-order valence-electron chi connectivity index (χ4n) is 1.18. The van der Waals surface area contributed by atoms with Gasteiger partial charge in [0.25, 0.3) is 0 Å². The minimum absolute atomic E-state index is 0.203. The Balaban J connectivity index is 3.41. The highest BCUT2D eigenvalue weighted by molar-refractivity contribution is 6.17. The lowest BCUT2D eigenvalue weighted by atomic mass is 10.2. The van der Waals surface area contributed by atoms with Crippen molar-refractivity contribution >= 4 is 11.6 Å². The van der Waals surface area contributed by atoms with Crippen LogP contribution in [-0.4, -0.2) is 18.5 Å². The van der Waals surface area contributed by atoms with E-state index in [0.717, 1.165) is 7.11 Å². The molecule has 1 aromatic rings. The second kappa shape index (κ2) is 5.32. The second-order valence-electron chi connectivity index (χ2n) is 3.19. The summed E-state index contributed by atoms with van der Waals surface area (Å²) in [7, 11) is 1.03.